The standard InChI is InChI=1S/C15H16N4O5S/c1-25(23,24)18-13-6-2-4-11(8-13)10-16-15(20)17-12-5-3-7-14(9-12)19(21)22/h2-9,18H,10H2,1H3,(H2,16,17,20). The Kier molecular flexibility index (Phi) is 5.55. The minimum absolute atomic E-state index is 0.127. The Morgan fingerprint density at radius 2 is 1.80 bits per heavy atom. The van der Waals surface area contributed by atoms with Crippen LogP contribution >= 0.6 is 0 Å². The van der Waals surface area contributed by atoms with E-state index in [0.717, 1.165) is 6.26 Å². The summed E-state index contributed by atoms with van der Waals surface area (Å²) >= 11 is 0. The third-order valence-electron chi connectivity index (χ3n) is 3.00. The molecule has 132 valence electrons. The van der Waals surface area contributed by atoms with E-state index in [1.165, 1.54) is 24.3 Å². The zero-order valence-corrected chi connectivity index (χ0v) is 14.0. The maximum absolute atomic E-state index is 11.9. The van der Waals surface area contributed by atoms with Crippen molar-refractivity contribution >= 4 is 33.1 Å². The number of sulfonamides is 1. The number of carbonyl (C=O) groups excluding carboxylic acids is 1. The molecule has 9 nitrogen and oxygen atoms in total. The lowest BCUT2D eigenvalue weighted by Gasteiger charge is -2.09. The molecule has 0 spiro atoms. The van der Waals surface area contributed by atoms with Crippen molar-refractivity contribution < 1.29 is 18.1 Å². The molecule has 0 unspecified atom stereocenters. The largest absolute Gasteiger partial charge is 0.334 e. The third-order valence-corrected chi connectivity index (χ3v) is 3.60. The summed E-state index contributed by atoms with van der Waals surface area (Å²) in [5.74, 6) is 0. The molecule has 10 heteroatoms. The predicted molar refractivity (Wildman–Crippen MR) is 93.9 cm³/mol. The number of nitro groups is 1. The van der Waals surface area contributed by atoms with Crippen LogP contribution < -0.4 is 15.4 Å². The lowest BCUT2D eigenvalue weighted by molar-refractivity contribution is -0.384. The van der Waals surface area contributed by atoms with Crippen LogP contribution in [0.3, 0.4) is 0 Å². The van der Waals surface area contributed by atoms with Gasteiger partial charge in [-0.2, -0.15) is 0 Å². The van der Waals surface area contributed by atoms with Crippen molar-refractivity contribution in [3.63, 3.8) is 0 Å². The van der Waals surface area contributed by atoms with Gasteiger partial charge in [-0.15, -0.1) is 0 Å². The van der Waals surface area contributed by atoms with Crippen molar-refractivity contribution in [2.24, 2.45) is 0 Å². The van der Waals surface area contributed by atoms with Gasteiger partial charge in [0.1, 0.15) is 0 Å². The molecule has 0 aromatic heterocycles. The number of carbonyl (C=O) groups is 1. The molecule has 2 aromatic carbocycles. The molecule has 0 bridgehead atoms. The second-order valence-electron chi connectivity index (χ2n) is 5.19. The molecule has 2 aromatic rings. The quantitative estimate of drug-likeness (QED) is 0.535. The molecule has 0 atom stereocenters. The highest BCUT2D eigenvalue weighted by molar-refractivity contribution is 7.92. The Labute approximate surface area is 144 Å². The maximum atomic E-state index is 11.9. The van der Waals surface area contributed by atoms with E-state index >= 15 is 0 Å². The van der Waals surface area contributed by atoms with Crippen LogP contribution in [-0.4, -0.2) is 25.6 Å². The Morgan fingerprint density at radius 3 is 2.48 bits per heavy atom. The van der Waals surface area contributed by atoms with E-state index in [0.29, 0.717) is 16.9 Å². The molecule has 0 aliphatic rings. The number of nitrogens with one attached hydrogen (secondary N) is 3. The zero-order chi connectivity index (χ0) is 18.4. The Bertz CT molecular complexity index is 898. The van der Waals surface area contributed by atoms with E-state index in [2.05, 4.69) is 15.4 Å². The number of rotatable bonds is 6. The first-order chi connectivity index (χ1) is 11.7. The Morgan fingerprint density at radius 1 is 1.12 bits per heavy atom. The highest BCUT2D eigenvalue weighted by Gasteiger charge is 2.08. The summed E-state index contributed by atoms with van der Waals surface area (Å²) in [5.41, 5.74) is 1.24. The van der Waals surface area contributed by atoms with Crippen LogP contribution in [0.5, 0.6) is 0 Å². The summed E-state index contributed by atoms with van der Waals surface area (Å²) in [4.78, 5) is 22.0. The number of amides is 2. The van der Waals surface area contributed by atoms with Gasteiger partial charge >= 0.3 is 6.03 Å². The number of nitro benzene ring substituents is 1. The highest BCUT2D eigenvalue weighted by atomic mass is 32.2. The number of urea groups is 1. The SMILES string of the molecule is CS(=O)(=O)Nc1cccc(CNC(=O)Nc2cccc([N+](=O)[O-])c2)c1. The number of benzene rings is 2. The van der Waals surface area contributed by atoms with Crippen LogP contribution in [0.2, 0.25) is 0 Å². The van der Waals surface area contributed by atoms with Gasteiger partial charge in [0.15, 0.2) is 0 Å². The molecule has 0 saturated carbocycles. The van der Waals surface area contributed by atoms with Crippen LogP contribution in [0.1, 0.15) is 5.56 Å². The summed E-state index contributed by atoms with van der Waals surface area (Å²) in [7, 11) is -3.38. The van der Waals surface area contributed by atoms with Gasteiger partial charge in [0, 0.05) is 30.1 Å². The maximum Gasteiger partial charge on any atom is 0.319 e. The van der Waals surface area contributed by atoms with Crippen LogP contribution in [0.25, 0.3) is 0 Å². The monoisotopic (exact) mass is 364 g/mol. The van der Waals surface area contributed by atoms with Gasteiger partial charge in [0.2, 0.25) is 10.0 Å². The molecule has 0 aliphatic heterocycles. The molecule has 2 amide bonds. The number of nitrogens with zero attached hydrogens (tertiary/aromatic N) is 1. The van der Waals surface area contributed by atoms with Gasteiger partial charge < -0.3 is 10.6 Å². The van der Waals surface area contributed by atoms with E-state index in [4.69, 9.17) is 0 Å². The summed E-state index contributed by atoms with van der Waals surface area (Å²) in [6.07, 6.45) is 1.05. The Hall–Kier alpha value is -3.14. The Balaban J connectivity index is 1.95. The van der Waals surface area contributed by atoms with E-state index < -0.39 is 21.0 Å². The van der Waals surface area contributed by atoms with Crippen molar-refractivity contribution in [1.29, 1.82) is 0 Å². The fourth-order valence-electron chi connectivity index (χ4n) is 2.01. The fourth-order valence-corrected chi connectivity index (χ4v) is 2.57. The van der Waals surface area contributed by atoms with Crippen LogP contribution in [0.15, 0.2) is 48.5 Å². The van der Waals surface area contributed by atoms with Gasteiger partial charge in [0.05, 0.1) is 11.2 Å². The second-order valence-corrected chi connectivity index (χ2v) is 6.94. The number of hydrogen-bond donors (Lipinski definition) is 3. The minimum Gasteiger partial charge on any atom is -0.334 e. The number of hydrogen-bond acceptors (Lipinski definition) is 5. The highest BCUT2D eigenvalue weighted by Crippen LogP contribution is 2.17. The topological polar surface area (TPSA) is 130 Å². The van der Waals surface area contributed by atoms with Crippen LogP contribution in [0.4, 0.5) is 21.9 Å². The molecule has 0 radical (unpaired) electrons. The number of non-ortho nitro benzene ring substituents is 1. The molecule has 25 heavy (non-hydrogen) atoms. The van der Waals surface area contributed by atoms with Crippen LogP contribution in [-0.2, 0) is 16.6 Å². The molecule has 3 N–H and O–H groups in total. The average Bonchev–Trinajstić information content (AvgIpc) is 2.52. The predicted octanol–water partition coefficient (Wildman–Crippen LogP) is 2.29. The van der Waals surface area contributed by atoms with Crippen molar-refractivity contribution in [3.8, 4) is 0 Å². The first-order valence-electron chi connectivity index (χ1n) is 7.09. The summed E-state index contributed by atoms with van der Waals surface area (Å²) in [5, 5.41) is 15.8. The minimum atomic E-state index is -3.38. The van der Waals surface area contributed by atoms with Gasteiger partial charge in [-0.1, -0.05) is 18.2 Å². The van der Waals surface area contributed by atoms with E-state index in [9.17, 15) is 23.3 Å². The van der Waals surface area contributed by atoms with Gasteiger partial charge in [-0.3, -0.25) is 14.8 Å². The van der Waals surface area contributed by atoms with Gasteiger partial charge in [-0.25, -0.2) is 13.2 Å². The van der Waals surface area contributed by atoms with Gasteiger partial charge in [-0.05, 0) is 23.8 Å². The second kappa shape index (κ2) is 7.62. The average molecular weight is 364 g/mol. The first-order valence-corrected chi connectivity index (χ1v) is 8.98. The molecule has 0 aliphatic carbocycles. The van der Waals surface area contributed by atoms with Crippen molar-refractivity contribution in [2.75, 3.05) is 16.3 Å². The molecular formula is C15H16N4O5S. The molecule has 0 fully saturated rings. The lowest BCUT2D eigenvalue weighted by Crippen LogP contribution is -2.28. The number of anilines is 2. The van der Waals surface area contributed by atoms with Gasteiger partial charge in [0.25, 0.3) is 5.69 Å². The molecule has 0 heterocycles. The van der Waals surface area contributed by atoms with E-state index in [-0.39, 0.29) is 12.2 Å². The third kappa shape index (κ3) is 6.11. The first kappa shape index (κ1) is 18.2. The smallest absolute Gasteiger partial charge is 0.319 e. The lowest BCUT2D eigenvalue weighted by atomic mass is 10.2. The molecule has 2 rings (SSSR count). The molecular weight excluding hydrogens is 348 g/mol. The fraction of sp³-hybridized carbons (Fsp3) is 0.133. The summed E-state index contributed by atoms with van der Waals surface area (Å²) < 4.78 is 24.8. The van der Waals surface area contributed by atoms with Crippen molar-refractivity contribution in [1.82, 2.24) is 5.32 Å². The van der Waals surface area contributed by atoms with Crippen LogP contribution in [0, 0.1) is 10.1 Å². The van der Waals surface area contributed by atoms with E-state index in [1.807, 2.05) is 0 Å². The van der Waals surface area contributed by atoms with E-state index in [1.54, 1.807) is 24.3 Å². The summed E-state index contributed by atoms with van der Waals surface area (Å²) in [6, 6.07) is 11.6. The zero-order valence-electron chi connectivity index (χ0n) is 13.2. The van der Waals surface area contributed by atoms with Crippen molar-refractivity contribution in [2.45, 2.75) is 6.54 Å². The van der Waals surface area contributed by atoms with Crippen molar-refractivity contribution in [3.05, 3.63) is 64.2 Å². The molecule has 0 saturated heterocycles. The normalized spacial score (nSPS) is 10.8. The summed E-state index contributed by atoms with van der Waals surface area (Å²) in [6.45, 7) is 0.153.